The lowest BCUT2D eigenvalue weighted by Gasteiger charge is -2.16. The largest absolute Gasteiger partial charge is 0.573 e. The number of alkyl halides is 3. The van der Waals surface area contributed by atoms with Crippen LogP contribution in [-0.2, 0) is 10.0 Å². The Morgan fingerprint density at radius 3 is 2.27 bits per heavy atom. The van der Waals surface area contributed by atoms with Crippen LogP contribution in [0.3, 0.4) is 0 Å². The molecule has 0 aliphatic heterocycles. The second-order valence-corrected chi connectivity index (χ2v) is 8.61. The molecule has 0 saturated carbocycles. The van der Waals surface area contributed by atoms with E-state index in [9.17, 15) is 30.8 Å². The molecule has 174 valence electrons. The van der Waals surface area contributed by atoms with E-state index in [4.69, 9.17) is 0 Å². The molecule has 1 atom stereocenters. The van der Waals surface area contributed by atoms with Gasteiger partial charge in [-0.25, -0.2) is 12.8 Å². The van der Waals surface area contributed by atoms with Gasteiger partial charge in [0.05, 0.1) is 16.6 Å². The quantitative estimate of drug-likeness (QED) is 0.464. The molecular formula is C22H18F4N2O4S. The van der Waals surface area contributed by atoms with Crippen LogP contribution >= 0.6 is 0 Å². The van der Waals surface area contributed by atoms with Gasteiger partial charge < -0.3 is 10.1 Å². The van der Waals surface area contributed by atoms with Crippen molar-refractivity contribution in [1.82, 2.24) is 5.32 Å². The van der Waals surface area contributed by atoms with E-state index >= 15 is 0 Å². The van der Waals surface area contributed by atoms with E-state index in [1.807, 2.05) is 0 Å². The number of carbonyl (C=O) groups excluding carboxylic acids is 1. The first-order chi connectivity index (χ1) is 15.4. The number of halogens is 4. The summed E-state index contributed by atoms with van der Waals surface area (Å²) in [5.74, 6) is -1.76. The molecule has 0 heterocycles. The third-order valence-corrected chi connectivity index (χ3v) is 5.85. The number of para-hydroxylation sites is 1. The lowest BCUT2D eigenvalue weighted by Crippen LogP contribution is -2.27. The molecule has 2 N–H and O–H groups in total. The van der Waals surface area contributed by atoms with Gasteiger partial charge in [-0.2, -0.15) is 0 Å². The van der Waals surface area contributed by atoms with Gasteiger partial charge >= 0.3 is 6.36 Å². The summed E-state index contributed by atoms with van der Waals surface area (Å²) in [6.45, 7) is 1.61. The Morgan fingerprint density at radius 2 is 1.64 bits per heavy atom. The summed E-state index contributed by atoms with van der Waals surface area (Å²) in [7, 11) is -4.17. The number of sulfonamides is 1. The first-order valence-electron chi connectivity index (χ1n) is 9.48. The van der Waals surface area contributed by atoms with Crippen LogP contribution in [-0.4, -0.2) is 20.7 Å². The number of anilines is 1. The van der Waals surface area contributed by atoms with Crippen LogP contribution in [0.2, 0.25) is 0 Å². The minimum atomic E-state index is -4.81. The average molecular weight is 482 g/mol. The maximum atomic E-state index is 13.8. The molecule has 3 rings (SSSR count). The summed E-state index contributed by atoms with van der Waals surface area (Å²) in [5, 5.41) is 2.64. The molecule has 0 aliphatic rings. The van der Waals surface area contributed by atoms with Gasteiger partial charge in [0.15, 0.2) is 0 Å². The Kier molecular flexibility index (Phi) is 6.92. The van der Waals surface area contributed by atoms with Crippen molar-refractivity contribution in [2.75, 3.05) is 4.72 Å². The van der Waals surface area contributed by atoms with Gasteiger partial charge in [0.1, 0.15) is 11.6 Å². The molecule has 6 nitrogen and oxygen atoms in total. The minimum absolute atomic E-state index is 0.0234. The molecule has 0 spiro atoms. The molecule has 0 bridgehead atoms. The number of benzene rings is 3. The maximum Gasteiger partial charge on any atom is 0.573 e. The second-order valence-electron chi connectivity index (χ2n) is 6.93. The fourth-order valence-corrected chi connectivity index (χ4v) is 3.99. The summed E-state index contributed by atoms with van der Waals surface area (Å²) in [6.07, 6.45) is -4.81. The Morgan fingerprint density at radius 1 is 0.970 bits per heavy atom. The fraction of sp³-hybridized carbons (Fsp3) is 0.136. The predicted molar refractivity (Wildman–Crippen MR) is 113 cm³/mol. The number of carbonyl (C=O) groups is 1. The highest BCUT2D eigenvalue weighted by Gasteiger charge is 2.31. The van der Waals surface area contributed by atoms with Gasteiger partial charge in [-0.3, -0.25) is 9.52 Å². The van der Waals surface area contributed by atoms with Crippen molar-refractivity contribution in [1.29, 1.82) is 0 Å². The number of ether oxygens (including phenoxy) is 1. The van der Waals surface area contributed by atoms with E-state index in [1.165, 1.54) is 48.5 Å². The highest BCUT2D eigenvalue weighted by molar-refractivity contribution is 7.92. The van der Waals surface area contributed by atoms with E-state index in [1.54, 1.807) is 6.92 Å². The monoisotopic (exact) mass is 482 g/mol. The third-order valence-electron chi connectivity index (χ3n) is 4.49. The third kappa shape index (κ3) is 6.45. The molecule has 11 heteroatoms. The Labute approximate surface area is 187 Å². The summed E-state index contributed by atoms with van der Waals surface area (Å²) in [4.78, 5) is 12.4. The van der Waals surface area contributed by atoms with E-state index in [0.29, 0.717) is 5.56 Å². The standard InChI is InChI=1S/C22H18F4N2O4S/c1-14(15-9-11-17(12-10-15)32-22(24,25)26)27-21(29)16-5-4-6-18(13-16)33(30,31)28-20-8-3-2-7-19(20)23/h2-14,28H,1H3,(H,27,29). The average Bonchev–Trinajstić information content (AvgIpc) is 2.74. The minimum Gasteiger partial charge on any atom is -0.406 e. The van der Waals surface area contributed by atoms with Crippen LogP contribution in [0.1, 0.15) is 28.9 Å². The highest BCUT2D eigenvalue weighted by atomic mass is 32.2. The van der Waals surface area contributed by atoms with Gasteiger partial charge in [-0.05, 0) is 55.0 Å². The SMILES string of the molecule is CC(NC(=O)c1cccc(S(=O)(=O)Nc2ccccc2F)c1)c1ccc(OC(F)(F)F)cc1. The molecule has 0 saturated heterocycles. The molecular weight excluding hydrogens is 464 g/mol. The zero-order chi connectivity index (χ0) is 24.2. The molecule has 1 unspecified atom stereocenters. The van der Waals surface area contributed by atoms with Gasteiger partial charge in [0.25, 0.3) is 15.9 Å². The summed E-state index contributed by atoms with van der Waals surface area (Å²) in [6, 6.07) is 14.7. The van der Waals surface area contributed by atoms with Crippen molar-refractivity contribution < 1.29 is 35.5 Å². The van der Waals surface area contributed by atoms with Gasteiger partial charge in [-0.1, -0.05) is 30.3 Å². The first kappa shape index (κ1) is 24.1. The number of amides is 1. The first-order valence-corrected chi connectivity index (χ1v) is 11.0. The maximum absolute atomic E-state index is 13.8. The fourth-order valence-electron chi connectivity index (χ4n) is 2.87. The van der Waals surface area contributed by atoms with Crippen LogP contribution in [0.25, 0.3) is 0 Å². The van der Waals surface area contributed by atoms with Crippen molar-refractivity contribution in [2.45, 2.75) is 24.2 Å². The van der Waals surface area contributed by atoms with Crippen molar-refractivity contribution in [3.8, 4) is 5.75 Å². The van der Waals surface area contributed by atoms with E-state index in [2.05, 4.69) is 14.8 Å². The second kappa shape index (κ2) is 9.49. The summed E-state index contributed by atoms with van der Waals surface area (Å²) >= 11 is 0. The molecule has 0 aromatic heterocycles. The number of nitrogens with one attached hydrogen (secondary N) is 2. The Balaban J connectivity index is 1.72. The zero-order valence-electron chi connectivity index (χ0n) is 17.1. The lowest BCUT2D eigenvalue weighted by molar-refractivity contribution is -0.274. The predicted octanol–water partition coefficient (Wildman–Crippen LogP) is 5.02. The summed E-state index contributed by atoms with van der Waals surface area (Å²) < 4.78 is 81.8. The number of hydrogen-bond acceptors (Lipinski definition) is 4. The molecule has 1 amide bonds. The van der Waals surface area contributed by atoms with Crippen LogP contribution in [0.15, 0.2) is 77.7 Å². The van der Waals surface area contributed by atoms with Crippen molar-refractivity contribution in [2.24, 2.45) is 0 Å². The zero-order valence-corrected chi connectivity index (χ0v) is 17.9. The molecule has 0 aliphatic carbocycles. The van der Waals surface area contributed by atoms with Crippen molar-refractivity contribution in [3.63, 3.8) is 0 Å². The van der Waals surface area contributed by atoms with Crippen LogP contribution < -0.4 is 14.8 Å². The number of hydrogen-bond donors (Lipinski definition) is 2. The van der Waals surface area contributed by atoms with Crippen LogP contribution in [0.4, 0.5) is 23.2 Å². The van der Waals surface area contributed by atoms with E-state index in [-0.39, 0.29) is 16.1 Å². The lowest BCUT2D eigenvalue weighted by atomic mass is 10.1. The molecule has 33 heavy (non-hydrogen) atoms. The van der Waals surface area contributed by atoms with E-state index in [0.717, 1.165) is 24.3 Å². The van der Waals surface area contributed by atoms with Crippen molar-refractivity contribution in [3.05, 3.63) is 89.7 Å². The van der Waals surface area contributed by atoms with Crippen LogP contribution in [0, 0.1) is 5.82 Å². The molecule has 3 aromatic carbocycles. The topological polar surface area (TPSA) is 84.5 Å². The highest BCUT2D eigenvalue weighted by Crippen LogP contribution is 2.25. The molecule has 0 fully saturated rings. The van der Waals surface area contributed by atoms with Crippen molar-refractivity contribution >= 4 is 21.6 Å². The Bertz CT molecular complexity index is 1250. The molecule has 0 radical (unpaired) electrons. The van der Waals surface area contributed by atoms with E-state index < -0.39 is 39.9 Å². The van der Waals surface area contributed by atoms with Gasteiger partial charge in [-0.15, -0.1) is 13.2 Å². The molecule has 3 aromatic rings. The summed E-state index contributed by atoms with van der Waals surface area (Å²) in [5.41, 5.74) is 0.289. The normalized spacial score (nSPS) is 12.6. The Hall–Kier alpha value is -3.60. The number of rotatable bonds is 7. The smallest absolute Gasteiger partial charge is 0.406 e. The van der Waals surface area contributed by atoms with Crippen LogP contribution in [0.5, 0.6) is 5.75 Å². The van der Waals surface area contributed by atoms with Gasteiger partial charge in [0.2, 0.25) is 0 Å². The van der Waals surface area contributed by atoms with Gasteiger partial charge in [0, 0.05) is 5.56 Å².